The Labute approximate surface area is 140 Å². The molecule has 0 spiro atoms. The standard InChI is InChI=1S/C17H17Cl2NO2/c1-10-6-11(2)8-14(7-10)22-12(3)17(21)20-16-5-4-13(18)9-15(16)19/h4-9,12H,1-3H3,(H,20,21)/t12-/m1/s1. The second-order valence-electron chi connectivity index (χ2n) is 5.20. The lowest BCUT2D eigenvalue weighted by molar-refractivity contribution is -0.122. The van der Waals surface area contributed by atoms with E-state index in [2.05, 4.69) is 5.32 Å². The Morgan fingerprint density at radius 1 is 1.09 bits per heavy atom. The van der Waals surface area contributed by atoms with Gasteiger partial charge in [0.25, 0.3) is 5.91 Å². The molecule has 1 atom stereocenters. The lowest BCUT2D eigenvalue weighted by Crippen LogP contribution is -2.30. The van der Waals surface area contributed by atoms with E-state index in [-0.39, 0.29) is 5.91 Å². The van der Waals surface area contributed by atoms with Gasteiger partial charge in [0.1, 0.15) is 5.75 Å². The molecule has 0 heterocycles. The van der Waals surface area contributed by atoms with E-state index >= 15 is 0 Å². The van der Waals surface area contributed by atoms with Crippen molar-refractivity contribution in [1.82, 2.24) is 0 Å². The Morgan fingerprint density at radius 2 is 1.73 bits per heavy atom. The fourth-order valence-corrected chi connectivity index (χ4v) is 2.54. The van der Waals surface area contributed by atoms with Crippen LogP contribution in [0.4, 0.5) is 5.69 Å². The molecule has 2 aromatic carbocycles. The van der Waals surface area contributed by atoms with Crippen LogP contribution in [0.3, 0.4) is 0 Å². The molecule has 2 rings (SSSR count). The van der Waals surface area contributed by atoms with Gasteiger partial charge in [0.05, 0.1) is 10.7 Å². The Balaban J connectivity index is 2.05. The highest BCUT2D eigenvalue weighted by atomic mass is 35.5. The molecule has 0 saturated carbocycles. The number of halogens is 2. The van der Waals surface area contributed by atoms with E-state index in [9.17, 15) is 4.79 Å². The number of carbonyl (C=O) groups is 1. The van der Waals surface area contributed by atoms with Gasteiger partial charge in [-0.3, -0.25) is 4.79 Å². The maximum absolute atomic E-state index is 12.2. The Kier molecular flexibility index (Phi) is 5.33. The molecule has 0 saturated heterocycles. The summed E-state index contributed by atoms with van der Waals surface area (Å²) in [4.78, 5) is 12.2. The lowest BCUT2D eigenvalue weighted by atomic mass is 10.1. The number of benzene rings is 2. The minimum atomic E-state index is -0.645. The number of anilines is 1. The van der Waals surface area contributed by atoms with Gasteiger partial charge in [-0.05, 0) is 62.2 Å². The van der Waals surface area contributed by atoms with Crippen LogP contribution in [0.2, 0.25) is 10.0 Å². The van der Waals surface area contributed by atoms with Crippen LogP contribution < -0.4 is 10.1 Å². The van der Waals surface area contributed by atoms with E-state index < -0.39 is 6.10 Å². The Hall–Kier alpha value is -1.71. The maximum atomic E-state index is 12.2. The van der Waals surface area contributed by atoms with Crippen molar-refractivity contribution in [2.45, 2.75) is 26.9 Å². The van der Waals surface area contributed by atoms with Gasteiger partial charge in [-0.15, -0.1) is 0 Å². The van der Waals surface area contributed by atoms with Gasteiger partial charge in [-0.1, -0.05) is 29.3 Å². The summed E-state index contributed by atoms with van der Waals surface area (Å²) in [6.45, 7) is 5.66. The summed E-state index contributed by atoms with van der Waals surface area (Å²) in [5, 5.41) is 3.64. The van der Waals surface area contributed by atoms with E-state index in [4.69, 9.17) is 27.9 Å². The summed E-state index contributed by atoms with van der Waals surface area (Å²) in [6.07, 6.45) is -0.645. The van der Waals surface area contributed by atoms with Crippen LogP contribution in [0.25, 0.3) is 0 Å². The molecule has 2 aromatic rings. The lowest BCUT2D eigenvalue weighted by Gasteiger charge is -2.16. The molecule has 116 valence electrons. The van der Waals surface area contributed by atoms with Crippen molar-refractivity contribution < 1.29 is 9.53 Å². The van der Waals surface area contributed by atoms with Gasteiger partial charge in [0.2, 0.25) is 0 Å². The summed E-state index contributed by atoms with van der Waals surface area (Å²) in [5.74, 6) is 0.394. The topological polar surface area (TPSA) is 38.3 Å². The maximum Gasteiger partial charge on any atom is 0.265 e. The third kappa shape index (κ3) is 4.39. The second-order valence-corrected chi connectivity index (χ2v) is 6.04. The molecule has 0 radical (unpaired) electrons. The van der Waals surface area contributed by atoms with Crippen molar-refractivity contribution in [1.29, 1.82) is 0 Å². The van der Waals surface area contributed by atoms with Crippen LogP contribution in [-0.4, -0.2) is 12.0 Å². The van der Waals surface area contributed by atoms with Crippen LogP contribution in [0.5, 0.6) is 5.75 Å². The van der Waals surface area contributed by atoms with Crippen molar-refractivity contribution in [2.75, 3.05) is 5.32 Å². The SMILES string of the molecule is Cc1cc(C)cc(O[C@H](C)C(=O)Nc2ccc(Cl)cc2Cl)c1. The highest BCUT2D eigenvalue weighted by Gasteiger charge is 2.16. The van der Waals surface area contributed by atoms with Crippen molar-refractivity contribution in [3.63, 3.8) is 0 Å². The minimum absolute atomic E-state index is 0.275. The number of hydrogen-bond donors (Lipinski definition) is 1. The number of ether oxygens (including phenoxy) is 1. The van der Waals surface area contributed by atoms with Gasteiger partial charge in [-0.25, -0.2) is 0 Å². The van der Waals surface area contributed by atoms with E-state index in [1.165, 1.54) is 0 Å². The molecule has 1 N–H and O–H groups in total. The first-order chi connectivity index (χ1) is 10.3. The number of carbonyl (C=O) groups excluding carboxylic acids is 1. The summed E-state index contributed by atoms with van der Waals surface area (Å²) < 4.78 is 5.69. The predicted octanol–water partition coefficient (Wildman–Crippen LogP) is 5.02. The molecule has 0 unspecified atom stereocenters. The average molecular weight is 338 g/mol. The molecule has 0 aliphatic heterocycles. The quantitative estimate of drug-likeness (QED) is 0.850. The fourth-order valence-electron chi connectivity index (χ4n) is 2.08. The highest BCUT2D eigenvalue weighted by Crippen LogP contribution is 2.26. The Bertz CT molecular complexity index is 681. The van der Waals surface area contributed by atoms with Crippen LogP contribution in [0.1, 0.15) is 18.1 Å². The number of amides is 1. The monoisotopic (exact) mass is 337 g/mol. The normalized spacial score (nSPS) is 11.9. The van der Waals surface area contributed by atoms with Crippen LogP contribution in [0, 0.1) is 13.8 Å². The first-order valence-electron chi connectivity index (χ1n) is 6.86. The molecule has 0 fully saturated rings. The predicted molar refractivity (Wildman–Crippen MR) is 91.1 cm³/mol. The zero-order valence-electron chi connectivity index (χ0n) is 12.6. The van der Waals surface area contributed by atoms with Crippen LogP contribution >= 0.6 is 23.2 Å². The molecule has 3 nitrogen and oxygen atoms in total. The second kappa shape index (κ2) is 7.03. The van der Waals surface area contributed by atoms with E-state index in [0.717, 1.165) is 11.1 Å². The van der Waals surface area contributed by atoms with Gasteiger partial charge >= 0.3 is 0 Å². The van der Waals surface area contributed by atoms with Crippen molar-refractivity contribution in [3.05, 3.63) is 57.6 Å². The molecule has 0 aliphatic rings. The van der Waals surface area contributed by atoms with Gasteiger partial charge in [0.15, 0.2) is 6.10 Å². The molecular weight excluding hydrogens is 321 g/mol. The first-order valence-corrected chi connectivity index (χ1v) is 7.61. The van der Waals surface area contributed by atoms with Crippen molar-refractivity contribution in [3.8, 4) is 5.75 Å². The third-order valence-electron chi connectivity index (χ3n) is 3.07. The molecule has 1 amide bonds. The third-order valence-corrected chi connectivity index (χ3v) is 3.61. The fraction of sp³-hybridized carbons (Fsp3) is 0.235. The van der Waals surface area contributed by atoms with Crippen LogP contribution in [0.15, 0.2) is 36.4 Å². The highest BCUT2D eigenvalue weighted by molar-refractivity contribution is 6.36. The molecule has 0 aliphatic carbocycles. The summed E-state index contributed by atoms with van der Waals surface area (Å²) in [7, 11) is 0. The largest absolute Gasteiger partial charge is 0.481 e. The number of hydrogen-bond acceptors (Lipinski definition) is 2. The zero-order valence-corrected chi connectivity index (χ0v) is 14.1. The number of aryl methyl sites for hydroxylation is 2. The first kappa shape index (κ1) is 16.7. The molecular formula is C17H17Cl2NO2. The minimum Gasteiger partial charge on any atom is -0.481 e. The smallest absolute Gasteiger partial charge is 0.265 e. The Morgan fingerprint density at radius 3 is 2.32 bits per heavy atom. The van der Waals surface area contributed by atoms with E-state index in [0.29, 0.717) is 21.5 Å². The van der Waals surface area contributed by atoms with Gasteiger partial charge < -0.3 is 10.1 Å². The molecule has 5 heteroatoms. The summed E-state index contributed by atoms with van der Waals surface area (Å²) in [5.41, 5.74) is 2.68. The van der Waals surface area contributed by atoms with Crippen LogP contribution in [-0.2, 0) is 4.79 Å². The number of nitrogens with one attached hydrogen (secondary N) is 1. The van der Waals surface area contributed by atoms with Crippen molar-refractivity contribution in [2.24, 2.45) is 0 Å². The van der Waals surface area contributed by atoms with E-state index in [1.54, 1.807) is 25.1 Å². The van der Waals surface area contributed by atoms with Gasteiger partial charge in [0, 0.05) is 5.02 Å². The van der Waals surface area contributed by atoms with Gasteiger partial charge in [-0.2, -0.15) is 0 Å². The zero-order chi connectivity index (χ0) is 16.3. The summed E-state index contributed by atoms with van der Waals surface area (Å²) >= 11 is 11.9. The molecule has 0 bridgehead atoms. The van der Waals surface area contributed by atoms with E-state index in [1.807, 2.05) is 32.0 Å². The number of rotatable bonds is 4. The summed E-state index contributed by atoms with van der Waals surface area (Å²) in [6, 6.07) is 10.7. The molecule has 22 heavy (non-hydrogen) atoms. The van der Waals surface area contributed by atoms with Crippen molar-refractivity contribution >= 4 is 34.8 Å². The average Bonchev–Trinajstić information content (AvgIpc) is 2.40. The molecule has 0 aromatic heterocycles.